The first-order valence-electron chi connectivity index (χ1n) is 6.05. The highest BCUT2D eigenvalue weighted by molar-refractivity contribution is 7.10. The highest BCUT2D eigenvalue weighted by Crippen LogP contribution is 2.52. The molecule has 2 aliphatic rings. The summed E-state index contributed by atoms with van der Waals surface area (Å²) in [5, 5.41) is 2.18. The number of fused-ring (bicyclic) bond motifs is 2. The Morgan fingerprint density at radius 3 is 2.80 bits per heavy atom. The maximum atomic E-state index is 6.44. The first-order valence-corrected chi connectivity index (χ1v) is 6.93. The lowest BCUT2D eigenvalue weighted by Crippen LogP contribution is -2.26. The van der Waals surface area contributed by atoms with Gasteiger partial charge in [0, 0.05) is 10.9 Å². The molecule has 15 heavy (non-hydrogen) atoms. The Morgan fingerprint density at radius 2 is 2.27 bits per heavy atom. The Hall–Kier alpha value is -0.340. The van der Waals surface area contributed by atoms with Gasteiger partial charge in [-0.2, -0.15) is 0 Å². The molecule has 0 spiro atoms. The Morgan fingerprint density at radius 1 is 1.40 bits per heavy atom. The Bertz CT molecular complexity index is 357. The Kier molecular flexibility index (Phi) is 2.37. The van der Waals surface area contributed by atoms with Crippen LogP contribution in [0.1, 0.15) is 42.2 Å². The molecule has 0 saturated heterocycles. The van der Waals surface area contributed by atoms with Crippen molar-refractivity contribution in [2.75, 3.05) is 0 Å². The molecule has 2 fully saturated rings. The number of nitrogens with two attached hydrogens (primary N) is 1. The molecule has 2 aliphatic carbocycles. The third-order valence-electron chi connectivity index (χ3n) is 4.51. The molecular formula is C13H19NS. The number of hydrogen-bond acceptors (Lipinski definition) is 2. The average molecular weight is 221 g/mol. The summed E-state index contributed by atoms with van der Waals surface area (Å²) in [4.78, 5) is 1.42. The van der Waals surface area contributed by atoms with Crippen molar-refractivity contribution in [3.05, 3.63) is 21.9 Å². The second kappa shape index (κ2) is 3.60. The van der Waals surface area contributed by atoms with Crippen molar-refractivity contribution in [1.29, 1.82) is 0 Å². The standard InChI is InChI=1S/C13H19NS/c1-8-11(4-5-15-8)13(14)12-7-9-2-3-10(12)6-9/h4-5,9-10,12-13H,2-3,6-7,14H2,1H3. The van der Waals surface area contributed by atoms with Crippen LogP contribution in [0.4, 0.5) is 0 Å². The van der Waals surface area contributed by atoms with Gasteiger partial charge < -0.3 is 5.73 Å². The first-order chi connectivity index (χ1) is 7.25. The summed E-state index contributed by atoms with van der Waals surface area (Å²) in [6.45, 7) is 2.20. The molecule has 1 nitrogen and oxygen atoms in total. The monoisotopic (exact) mass is 221 g/mol. The van der Waals surface area contributed by atoms with Crippen LogP contribution >= 0.6 is 11.3 Å². The molecule has 0 aromatic carbocycles. The maximum Gasteiger partial charge on any atom is 0.0337 e. The zero-order chi connectivity index (χ0) is 10.4. The SMILES string of the molecule is Cc1sccc1C(N)C1CC2CCC1C2. The minimum atomic E-state index is 0.312. The molecule has 2 saturated carbocycles. The summed E-state index contributed by atoms with van der Waals surface area (Å²) in [7, 11) is 0. The summed E-state index contributed by atoms with van der Waals surface area (Å²) in [5.41, 5.74) is 7.85. The van der Waals surface area contributed by atoms with Gasteiger partial charge >= 0.3 is 0 Å². The van der Waals surface area contributed by atoms with Crippen LogP contribution in [0.3, 0.4) is 0 Å². The minimum Gasteiger partial charge on any atom is -0.324 e. The van der Waals surface area contributed by atoms with E-state index in [4.69, 9.17) is 5.73 Å². The van der Waals surface area contributed by atoms with E-state index < -0.39 is 0 Å². The van der Waals surface area contributed by atoms with Gasteiger partial charge in [-0.15, -0.1) is 11.3 Å². The smallest absolute Gasteiger partial charge is 0.0337 e. The molecule has 3 rings (SSSR count). The molecule has 4 atom stereocenters. The molecule has 0 aliphatic heterocycles. The molecule has 1 heterocycles. The van der Waals surface area contributed by atoms with E-state index in [9.17, 15) is 0 Å². The molecule has 0 amide bonds. The van der Waals surface area contributed by atoms with E-state index in [1.165, 1.54) is 36.1 Å². The summed E-state index contributed by atoms with van der Waals surface area (Å²) in [6, 6.07) is 2.54. The summed E-state index contributed by atoms with van der Waals surface area (Å²) < 4.78 is 0. The molecule has 1 aromatic rings. The van der Waals surface area contributed by atoms with Gasteiger partial charge in [0.25, 0.3) is 0 Å². The quantitative estimate of drug-likeness (QED) is 0.813. The lowest BCUT2D eigenvalue weighted by molar-refractivity contribution is 0.284. The number of rotatable bonds is 2. The molecule has 1 aromatic heterocycles. The van der Waals surface area contributed by atoms with Crippen LogP contribution in [0, 0.1) is 24.7 Å². The molecule has 2 bridgehead atoms. The van der Waals surface area contributed by atoms with Gasteiger partial charge in [-0.1, -0.05) is 6.42 Å². The van der Waals surface area contributed by atoms with Gasteiger partial charge in [-0.25, -0.2) is 0 Å². The maximum absolute atomic E-state index is 6.44. The first kappa shape index (κ1) is 9.86. The zero-order valence-electron chi connectivity index (χ0n) is 9.28. The van der Waals surface area contributed by atoms with Crippen molar-refractivity contribution < 1.29 is 0 Å². The summed E-state index contributed by atoms with van der Waals surface area (Å²) in [6.07, 6.45) is 5.76. The van der Waals surface area contributed by atoms with E-state index in [1.807, 2.05) is 11.3 Å². The fraction of sp³-hybridized carbons (Fsp3) is 0.692. The molecule has 2 N–H and O–H groups in total. The van der Waals surface area contributed by atoms with Crippen LogP contribution in [0.2, 0.25) is 0 Å². The van der Waals surface area contributed by atoms with Crippen LogP contribution in [-0.2, 0) is 0 Å². The van der Waals surface area contributed by atoms with Gasteiger partial charge in [0.05, 0.1) is 0 Å². The molecule has 4 unspecified atom stereocenters. The van der Waals surface area contributed by atoms with E-state index in [0.717, 1.165) is 17.8 Å². The summed E-state index contributed by atoms with van der Waals surface area (Å²) >= 11 is 1.83. The van der Waals surface area contributed by atoms with E-state index in [2.05, 4.69) is 18.4 Å². The van der Waals surface area contributed by atoms with E-state index in [0.29, 0.717) is 6.04 Å². The van der Waals surface area contributed by atoms with Gasteiger partial charge in [0.1, 0.15) is 0 Å². The molecule has 2 heteroatoms. The van der Waals surface area contributed by atoms with Gasteiger partial charge in [-0.3, -0.25) is 0 Å². The predicted octanol–water partition coefficient (Wildman–Crippen LogP) is 3.49. The second-order valence-corrected chi connectivity index (χ2v) is 6.42. The highest BCUT2D eigenvalue weighted by atomic mass is 32.1. The van der Waals surface area contributed by atoms with Crippen molar-refractivity contribution in [3.8, 4) is 0 Å². The van der Waals surface area contributed by atoms with Gasteiger partial charge in [0.2, 0.25) is 0 Å². The van der Waals surface area contributed by atoms with E-state index in [-0.39, 0.29) is 0 Å². The fourth-order valence-corrected chi connectivity index (χ4v) is 4.46. The van der Waals surface area contributed by atoms with Crippen molar-refractivity contribution >= 4 is 11.3 Å². The lowest BCUT2D eigenvalue weighted by Gasteiger charge is -2.27. The Labute approximate surface area is 95.7 Å². The third kappa shape index (κ3) is 1.55. The highest BCUT2D eigenvalue weighted by Gasteiger charge is 2.42. The van der Waals surface area contributed by atoms with E-state index in [1.54, 1.807) is 0 Å². The van der Waals surface area contributed by atoms with Gasteiger partial charge in [-0.05, 0) is 60.9 Å². The molecule has 82 valence electrons. The molecular weight excluding hydrogens is 202 g/mol. The largest absolute Gasteiger partial charge is 0.324 e. The van der Waals surface area contributed by atoms with Crippen molar-refractivity contribution in [2.45, 2.75) is 38.6 Å². The number of aryl methyl sites for hydroxylation is 1. The van der Waals surface area contributed by atoms with Crippen molar-refractivity contribution in [1.82, 2.24) is 0 Å². The third-order valence-corrected chi connectivity index (χ3v) is 5.37. The van der Waals surface area contributed by atoms with Crippen molar-refractivity contribution in [2.24, 2.45) is 23.5 Å². The van der Waals surface area contributed by atoms with Crippen LogP contribution in [0.25, 0.3) is 0 Å². The van der Waals surface area contributed by atoms with Crippen molar-refractivity contribution in [3.63, 3.8) is 0 Å². The second-order valence-electron chi connectivity index (χ2n) is 5.30. The fourth-order valence-electron chi connectivity index (χ4n) is 3.70. The average Bonchev–Trinajstić information content (AvgIpc) is 2.91. The predicted molar refractivity (Wildman–Crippen MR) is 64.9 cm³/mol. The topological polar surface area (TPSA) is 26.0 Å². The number of thiophene rings is 1. The Balaban J connectivity index is 1.81. The lowest BCUT2D eigenvalue weighted by atomic mass is 9.81. The van der Waals surface area contributed by atoms with Crippen LogP contribution in [-0.4, -0.2) is 0 Å². The van der Waals surface area contributed by atoms with E-state index >= 15 is 0 Å². The van der Waals surface area contributed by atoms with Crippen LogP contribution in [0.15, 0.2) is 11.4 Å². The molecule has 0 radical (unpaired) electrons. The normalized spacial score (nSPS) is 36.0. The minimum absolute atomic E-state index is 0.312. The van der Waals surface area contributed by atoms with Gasteiger partial charge in [0.15, 0.2) is 0 Å². The van der Waals surface area contributed by atoms with Crippen LogP contribution in [0.5, 0.6) is 0 Å². The summed E-state index contributed by atoms with van der Waals surface area (Å²) in [5.74, 6) is 2.71. The van der Waals surface area contributed by atoms with Crippen LogP contribution < -0.4 is 5.73 Å². The zero-order valence-corrected chi connectivity index (χ0v) is 10.1. The number of hydrogen-bond donors (Lipinski definition) is 1.